The van der Waals surface area contributed by atoms with E-state index in [1.54, 1.807) is 19.1 Å². The maximum atomic E-state index is 12.9. The van der Waals surface area contributed by atoms with Crippen LogP contribution < -0.4 is 14.8 Å². The summed E-state index contributed by atoms with van der Waals surface area (Å²) in [7, 11) is 1.43. The van der Waals surface area contributed by atoms with Gasteiger partial charge in [-0.25, -0.2) is 9.59 Å². The highest BCUT2D eigenvalue weighted by Crippen LogP contribution is 2.37. The first-order valence-corrected chi connectivity index (χ1v) is 10.7. The molecule has 0 spiro atoms. The van der Waals surface area contributed by atoms with Crippen LogP contribution in [0.1, 0.15) is 38.2 Å². The predicted molar refractivity (Wildman–Crippen MR) is 113 cm³/mol. The van der Waals surface area contributed by atoms with Crippen molar-refractivity contribution in [2.75, 3.05) is 20.3 Å². The van der Waals surface area contributed by atoms with Crippen LogP contribution >= 0.6 is 15.9 Å². The molecular formula is C21H23BrN2O7. The summed E-state index contributed by atoms with van der Waals surface area (Å²) in [6.07, 6.45) is 4.73. The Labute approximate surface area is 187 Å². The Bertz CT molecular complexity index is 938. The molecule has 0 unspecified atom stereocenters. The smallest absolute Gasteiger partial charge is 0.344 e. The highest BCUT2D eigenvalue weighted by molar-refractivity contribution is 9.10. The molecule has 0 atom stereocenters. The topological polar surface area (TPSA) is 111 Å². The van der Waals surface area contributed by atoms with Gasteiger partial charge in [0.2, 0.25) is 0 Å². The minimum atomic E-state index is -0.748. The van der Waals surface area contributed by atoms with Gasteiger partial charge in [0.05, 0.1) is 18.2 Å². The van der Waals surface area contributed by atoms with E-state index >= 15 is 0 Å². The normalized spacial score (nSPS) is 18.4. The Morgan fingerprint density at radius 1 is 1.26 bits per heavy atom. The maximum absolute atomic E-state index is 12.9. The van der Waals surface area contributed by atoms with Gasteiger partial charge in [0.1, 0.15) is 5.57 Å². The molecule has 3 rings (SSSR count). The van der Waals surface area contributed by atoms with E-state index in [0.29, 0.717) is 10.0 Å². The number of carbonyl (C=O) groups is 4. The molecule has 2 aliphatic rings. The first-order chi connectivity index (χ1) is 14.8. The van der Waals surface area contributed by atoms with Crippen LogP contribution in [0.3, 0.4) is 0 Å². The molecule has 0 bridgehead atoms. The van der Waals surface area contributed by atoms with E-state index in [1.807, 2.05) is 0 Å². The van der Waals surface area contributed by atoms with Crippen LogP contribution in [0, 0.1) is 0 Å². The summed E-state index contributed by atoms with van der Waals surface area (Å²) in [4.78, 5) is 50.2. The number of hydrogen-bond acceptors (Lipinski definition) is 7. The Hall–Kier alpha value is -2.88. The van der Waals surface area contributed by atoms with Gasteiger partial charge >= 0.3 is 12.0 Å². The fourth-order valence-electron chi connectivity index (χ4n) is 3.63. The summed E-state index contributed by atoms with van der Waals surface area (Å²) in [5.74, 6) is -1.32. The van der Waals surface area contributed by atoms with Crippen LogP contribution in [0.5, 0.6) is 11.5 Å². The Kier molecular flexibility index (Phi) is 7.32. The largest absolute Gasteiger partial charge is 0.493 e. The predicted octanol–water partition coefficient (Wildman–Crippen LogP) is 2.80. The standard InChI is InChI=1S/C21H23BrN2O7/c1-3-30-17(25)11-31-18-15(22)9-12(10-16(18)29-2)8-14-19(26)23-21(28)24(20(14)27)13-6-4-5-7-13/h8-10,13H,3-7,11H2,1-2H3,(H,23,26,28)/b14-8+. The van der Waals surface area contributed by atoms with Crippen LogP contribution in [-0.4, -0.2) is 55.1 Å². The number of barbiturate groups is 1. The molecular weight excluding hydrogens is 472 g/mol. The first kappa shape index (κ1) is 22.8. The molecule has 2 fully saturated rings. The quantitative estimate of drug-likeness (QED) is 0.352. The summed E-state index contributed by atoms with van der Waals surface area (Å²) >= 11 is 3.36. The van der Waals surface area contributed by atoms with Crippen molar-refractivity contribution in [2.45, 2.75) is 38.6 Å². The lowest BCUT2D eigenvalue weighted by molar-refractivity contribution is -0.145. The molecule has 1 aromatic carbocycles. The van der Waals surface area contributed by atoms with Crippen LogP contribution in [-0.2, 0) is 19.1 Å². The minimum absolute atomic E-state index is 0.138. The highest BCUT2D eigenvalue weighted by atomic mass is 79.9. The molecule has 31 heavy (non-hydrogen) atoms. The molecule has 166 valence electrons. The van der Waals surface area contributed by atoms with Gasteiger partial charge in [-0.15, -0.1) is 0 Å². The van der Waals surface area contributed by atoms with Crippen molar-refractivity contribution < 1.29 is 33.4 Å². The number of benzene rings is 1. The molecule has 0 radical (unpaired) electrons. The summed E-state index contributed by atoms with van der Waals surface area (Å²) in [5.41, 5.74) is 0.340. The lowest BCUT2D eigenvalue weighted by Crippen LogP contribution is -2.57. The average Bonchev–Trinajstić information content (AvgIpc) is 3.24. The number of rotatable bonds is 7. The van der Waals surface area contributed by atoms with Crippen molar-refractivity contribution in [3.05, 3.63) is 27.7 Å². The van der Waals surface area contributed by atoms with E-state index in [0.717, 1.165) is 30.6 Å². The lowest BCUT2D eigenvalue weighted by Gasteiger charge is -2.31. The zero-order valence-electron chi connectivity index (χ0n) is 17.2. The number of urea groups is 1. The number of halogens is 1. The van der Waals surface area contributed by atoms with Gasteiger partial charge in [-0.1, -0.05) is 12.8 Å². The Morgan fingerprint density at radius 3 is 2.61 bits per heavy atom. The summed E-state index contributed by atoms with van der Waals surface area (Å²) in [6, 6.07) is 2.30. The number of nitrogens with zero attached hydrogens (tertiary/aromatic N) is 1. The number of methoxy groups -OCH3 is 1. The van der Waals surface area contributed by atoms with E-state index in [1.165, 1.54) is 13.2 Å². The number of esters is 1. The third-order valence-corrected chi connectivity index (χ3v) is 5.61. The number of imide groups is 2. The molecule has 0 aromatic heterocycles. The van der Waals surface area contributed by atoms with Crippen molar-refractivity contribution in [3.63, 3.8) is 0 Å². The van der Waals surface area contributed by atoms with Gasteiger partial charge in [-0.3, -0.25) is 19.8 Å². The molecule has 10 heteroatoms. The number of carbonyl (C=O) groups excluding carboxylic acids is 4. The van der Waals surface area contributed by atoms with E-state index in [-0.39, 0.29) is 36.3 Å². The molecule has 1 aliphatic heterocycles. The van der Waals surface area contributed by atoms with Crippen LogP contribution in [0.2, 0.25) is 0 Å². The molecule has 1 aromatic rings. The molecule has 1 heterocycles. The molecule has 1 saturated heterocycles. The van der Waals surface area contributed by atoms with Gasteiger partial charge in [0.15, 0.2) is 18.1 Å². The number of nitrogens with one attached hydrogen (secondary N) is 1. The Balaban J connectivity index is 1.88. The van der Waals surface area contributed by atoms with E-state index in [2.05, 4.69) is 21.2 Å². The molecule has 1 N–H and O–H groups in total. The summed E-state index contributed by atoms with van der Waals surface area (Å²) in [5, 5.41) is 2.25. The van der Waals surface area contributed by atoms with Gasteiger partial charge in [0, 0.05) is 6.04 Å². The molecule has 4 amide bonds. The van der Waals surface area contributed by atoms with Crippen LogP contribution in [0.25, 0.3) is 6.08 Å². The second-order valence-electron chi connectivity index (χ2n) is 7.06. The van der Waals surface area contributed by atoms with Crippen molar-refractivity contribution in [3.8, 4) is 11.5 Å². The zero-order valence-corrected chi connectivity index (χ0v) is 18.8. The van der Waals surface area contributed by atoms with Crippen LogP contribution in [0.4, 0.5) is 4.79 Å². The first-order valence-electron chi connectivity index (χ1n) is 9.92. The van der Waals surface area contributed by atoms with Crippen molar-refractivity contribution in [1.82, 2.24) is 10.2 Å². The maximum Gasteiger partial charge on any atom is 0.344 e. The summed E-state index contributed by atoms with van der Waals surface area (Å²) in [6.45, 7) is 1.63. The van der Waals surface area contributed by atoms with Crippen molar-refractivity contribution >= 4 is 45.8 Å². The zero-order chi connectivity index (χ0) is 22.5. The van der Waals surface area contributed by atoms with E-state index < -0.39 is 23.8 Å². The minimum Gasteiger partial charge on any atom is -0.493 e. The molecule has 9 nitrogen and oxygen atoms in total. The van der Waals surface area contributed by atoms with Crippen molar-refractivity contribution in [2.24, 2.45) is 0 Å². The number of amides is 4. The molecule has 1 aliphatic carbocycles. The average molecular weight is 495 g/mol. The monoisotopic (exact) mass is 494 g/mol. The van der Waals surface area contributed by atoms with Gasteiger partial charge in [0.25, 0.3) is 11.8 Å². The van der Waals surface area contributed by atoms with Crippen LogP contribution in [0.15, 0.2) is 22.2 Å². The second-order valence-corrected chi connectivity index (χ2v) is 7.91. The third-order valence-electron chi connectivity index (χ3n) is 5.03. The fourth-order valence-corrected chi connectivity index (χ4v) is 4.20. The summed E-state index contributed by atoms with van der Waals surface area (Å²) < 4.78 is 16.1. The molecule has 1 saturated carbocycles. The third kappa shape index (κ3) is 5.07. The number of ether oxygens (including phenoxy) is 3. The number of hydrogen-bond donors (Lipinski definition) is 1. The fraction of sp³-hybridized carbons (Fsp3) is 0.429. The second kappa shape index (κ2) is 9.95. The van der Waals surface area contributed by atoms with Gasteiger partial charge in [-0.2, -0.15) is 0 Å². The van der Waals surface area contributed by atoms with E-state index in [9.17, 15) is 19.2 Å². The van der Waals surface area contributed by atoms with Gasteiger partial charge < -0.3 is 14.2 Å². The SMILES string of the molecule is CCOC(=O)COc1c(Br)cc(/C=C2\C(=O)NC(=O)N(C3CCCC3)C2=O)cc1OC. The lowest BCUT2D eigenvalue weighted by atomic mass is 10.0. The van der Waals surface area contributed by atoms with Crippen molar-refractivity contribution in [1.29, 1.82) is 0 Å². The van der Waals surface area contributed by atoms with E-state index in [4.69, 9.17) is 14.2 Å². The Morgan fingerprint density at radius 2 is 1.97 bits per heavy atom. The highest BCUT2D eigenvalue weighted by Gasteiger charge is 2.40. The van der Waals surface area contributed by atoms with Gasteiger partial charge in [-0.05, 0) is 59.5 Å².